The number of rotatable bonds is 2. The Morgan fingerprint density at radius 3 is 2.78 bits per heavy atom. The predicted molar refractivity (Wildman–Crippen MR) is 142 cm³/mol. The van der Waals surface area contributed by atoms with Gasteiger partial charge in [0.1, 0.15) is 23.8 Å². The third-order valence-corrected chi connectivity index (χ3v) is 6.65. The van der Waals surface area contributed by atoms with E-state index >= 15 is 0 Å². The van der Waals surface area contributed by atoms with E-state index < -0.39 is 5.60 Å². The molecule has 3 aromatic rings. The van der Waals surface area contributed by atoms with Crippen molar-refractivity contribution in [3.63, 3.8) is 0 Å². The second kappa shape index (κ2) is 8.96. The Morgan fingerprint density at radius 1 is 1.25 bits per heavy atom. The number of nitrogens with one attached hydrogen (secondary N) is 1. The quantitative estimate of drug-likeness (QED) is 0.534. The van der Waals surface area contributed by atoms with Crippen molar-refractivity contribution in [1.82, 2.24) is 20.0 Å². The molecule has 2 aliphatic rings. The van der Waals surface area contributed by atoms with Crippen molar-refractivity contribution in [3.05, 3.63) is 41.6 Å². The van der Waals surface area contributed by atoms with Gasteiger partial charge >= 0.3 is 6.09 Å². The van der Waals surface area contributed by atoms with Crippen LogP contribution in [0.4, 0.5) is 10.5 Å². The van der Waals surface area contributed by atoms with Crippen molar-refractivity contribution in [2.75, 3.05) is 33.3 Å². The van der Waals surface area contributed by atoms with Gasteiger partial charge in [0.05, 0.1) is 29.0 Å². The monoisotopic (exact) mass is 488 g/mol. The first kappa shape index (κ1) is 23.8. The van der Waals surface area contributed by atoms with Gasteiger partial charge in [-0.25, -0.2) is 4.79 Å². The number of H-pyrrole nitrogens is 1. The number of ether oxygens (including phenoxy) is 2. The minimum absolute atomic E-state index is 0.0717. The smallest absolute Gasteiger partial charge is 0.410 e. The first-order valence-electron chi connectivity index (χ1n) is 12.1. The highest BCUT2D eigenvalue weighted by atomic mass is 16.6. The van der Waals surface area contributed by atoms with Crippen molar-refractivity contribution in [3.8, 4) is 16.9 Å². The van der Waals surface area contributed by atoms with E-state index in [0.717, 1.165) is 39.0 Å². The van der Waals surface area contributed by atoms with Gasteiger partial charge in [0, 0.05) is 32.1 Å². The zero-order chi connectivity index (χ0) is 25.6. The molecule has 1 atom stereocenters. The number of amidine groups is 1. The summed E-state index contributed by atoms with van der Waals surface area (Å²) < 4.78 is 12.0. The summed E-state index contributed by atoms with van der Waals surface area (Å²) in [5, 5.41) is 8.32. The molecule has 188 valence electrons. The molecule has 1 aromatic heterocycles. The summed E-state index contributed by atoms with van der Waals surface area (Å²) in [6, 6.07) is 8.12. The fraction of sp³-hybridized carbons (Fsp3) is 0.407. The molecule has 1 saturated heterocycles. The molecular weight excluding hydrogens is 456 g/mol. The molecule has 1 N–H and O–H groups in total. The number of hydrogen-bond donors (Lipinski definition) is 1. The molecule has 0 bridgehead atoms. The fourth-order valence-corrected chi connectivity index (χ4v) is 5.06. The molecule has 3 heterocycles. The number of fused-ring (bicyclic) bond motifs is 3. The number of aromatic nitrogens is 2. The number of aliphatic imine (C=N–C) groups is 2. The summed E-state index contributed by atoms with van der Waals surface area (Å²) >= 11 is 0. The zero-order valence-corrected chi connectivity index (χ0v) is 21.5. The molecule has 9 heteroatoms. The van der Waals surface area contributed by atoms with Gasteiger partial charge in [-0.2, -0.15) is 5.10 Å². The third-order valence-electron chi connectivity index (χ3n) is 6.65. The van der Waals surface area contributed by atoms with Crippen LogP contribution in [0.15, 0.2) is 40.4 Å². The van der Waals surface area contributed by atoms with Crippen LogP contribution in [0, 0.1) is 6.92 Å². The van der Waals surface area contributed by atoms with Gasteiger partial charge in [-0.1, -0.05) is 6.07 Å². The van der Waals surface area contributed by atoms with E-state index in [2.05, 4.69) is 44.8 Å². The van der Waals surface area contributed by atoms with Gasteiger partial charge in [-0.3, -0.25) is 15.1 Å². The number of nitrogens with zero attached hydrogens (tertiary/aromatic N) is 5. The summed E-state index contributed by atoms with van der Waals surface area (Å²) in [5.74, 6) is 1.50. The molecule has 0 unspecified atom stereocenters. The number of benzene rings is 2. The molecule has 2 aromatic carbocycles. The van der Waals surface area contributed by atoms with Crippen LogP contribution < -0.4 is 4.74 Å². The lowest BCUT2D eigenvalue weighted by atomic mass is 9.94. The number of carbonyl (C=O) groups is 1. The van der Waals surface area contributed by atoms with E-state index in [0.29, 0.717) is 37.7 Å². The van der Waals surface area contributed by atoms with Crippen molar-refractivity contribution in [2.24, 2.45) is 9.98 Å². The maximum Gasteiger partial charge on any atom is 0.410 e. The number of piperazine rings is 1. The molecule has 5 rings (SSSR count). The molecule has 0 spiro atoms. The summed E-state index contributed by atoms with van der Waals surface area (Å²) in [6.45, 7) is 13.6. The molecule has 36 heavy (non-hydrogen) atoms. The largest absolute Gasteiger partial charge is 0.490 e. The van der Waals surface area contributed by atoms with Crippen LogP contribution in [0.2, 0.25) is 0 Å². The van der Waals surface area contributed by atoms with Crippen molar-refractivity contribution in [1.29, 1.82) is 0 Å². The average molecular weight is 489 g/mol. The van der Waals surface area contributed by atoms with Crippen molar-refractivity contribution >= 4 is 35.2 Å². The summed E-state index contributed by atoms with van der Waals surface area (Å²) in [7, 11) is 1.78. The van der Waals surface area contributed by atoms with Gasteiger partial charge < -0.3 is 19.3 Å². The van der Waals surface area contributed by atoms with Gasteiger partial charge in [0.15, 0.2) is 0 Å². The topological polar surface area (TPSA) is 95.4 Å². The minimum Gasteiger partial charge on any atom is -0.490 e. The molecule has 2 aliphatic heterocycles. The van der Waals surface area contributed by atoms with E-state index in [1.165, 1.54) is 0 Å². The maximum absolute atomic E-state index is 12.7. The van der Waals surface area contributed by atoms with Crippen LogP contribution in [-0.4, -0.2) is 83.6 Å². The number of amides is 1. The van der Waals surface area contributed by atoms with Gasteiger partial charge in [-0.15, -0.1) is 0 Å². The summed E-state index contributed by atoms with van der Waals surface area (Å²) in [5.41, 5.74) is 5.13. The van der Waals surface area contributed by atoms with Crippen LogP contribution in [0.25, 0.3) is 22.0 Å². The summed E-state index contributed by atoms with van der Waals surface area (Å²) in [4.78, 5) is 25.7. The molecule has 0 radical (unpaired) electrons. The molecular formula is C27H32N6O3. The normalized spacial score (nSPS) is 18.9. The Morgan fingerprint density at radius 2 is 2.06 bits per heavy atom. The summed E-state index contributed by atoms with van der Waals surface area (Å²) in [6.07, 6.45) is 1.54. The van der Waals surface area contributed by atoms with Crippen molar-refractivity contribution < 1.29 is 14.3 Å². The van der Waals surface area contributed by atoms with Crippen LogP contribution in [0.3, 0.4) is 0 Å². The Kier molecular flexibility index (Phi) is 5.94. The van der Waals surface area contributed by atoms with E-state index in [1.807, 2.05) is 45.2 Å². The standard InChI is InChI=1S/C27H32N6O3/c1-16-7-8-20-19(13-30-31-20)23(16)17-11-21(28-5)24-22(12-17)35-15-18-14-32(26(34)36-27(2,3)4)9-10-33(18)25(24)29-6/h7-8,11-13,18H,5,9-10,14-15H2,1-4,6H3,(H,30,31)/t18-/m1/s1. The molecule has 0 saturated carbocycles. The van der Waals surface area contributed by atoms with Crippen LogP contribution in [0.5, 0.6) is 5.75 Å². The SMILES string of the molecule is C=Nc1cc(-c2c(C)ccc3[nH]ncc23)cc2c1C(=NC)N1CCN(C(=O)OC(C)(C)C)C[C@@H]1CO2. The van der Waals surface area contributed by atoms with Crippen molar-refractivity contribution in [2.45, 2.75) is 39.3 Å². The Labute approximate surface area is 210 Å². The highest BCUT2D eigenvalue weighted by molar-refractivity contribution is 6.08. The highest BCUT2D eigenvalue weighted by Gasteiger charge is 2.38. The number of hydrogen-bond acceptors (Lipinski definition) is 6. The zero-order valence-electron chi connectivity index (χ0n) is 21.5. The first-order valence-corrected chi connectivity index (χ1v) is 12.1. The van der Waals surface area contributed by atoms with E-state index in [1.54, 1.807) is 11.9 Å². The highest BCUT2D eigenvalue weighted by Crippen LogP contribution is 2.41. The van der Waals surface area contributed by atoms with Crippen LogP contribution in [0.1, 0.15) is 31.9 Å². The lowest BCUT2D eigenvalue weighted by Gasteiger charge is -2.41. The van der Waals surface area contributed by atoms with E-state index in [9.17, 15) is 4.79 Å². The lowest BCUT2D eigenvalue weighted by molar-refractivity contribution is 0.00910. The predicted octanol–water partition coefficient (Wildman–Crippen LogP) is 4.56. The second-order valence-corrected chi connectivity index (χ2v) is 10.2. The Hall–Kier alpha value is -3.88. The fourth-order valence-electron chi connectivity index (χ4n) is 5.06. The number of carbonyl (C=O) groups excluding carboxylic acids is 1. The Balaban J connectivity index is 1.54. The lowest BCUT2D eigenvalue weighted by Crippen LogP contribution is -2.58. The van der Waals surface area contributed by atoms with E-state index in [4.69, 9.17) is 9.47 Å². The molecule has 9 nitrogen and oxygen atoms in total. The number of aromatic amines is 1. The molecule has 1 fully saturated rings. The number of aryl methyl sites for hydroxylation is 1. The van der Waals surface area contributed by atoms with Crippen LogP contribution in [-0.2, 0) is 4.74 Å². The van der Waals surface area contributed by atoms with Gasteiger partial charge in [-0.05, 0) is 69.3 Å². The maximum atomic E-state index is 12.7. The Bertz CT molecular complexity index is 1370. The first-order chi connectivity index (χ1) is 17.2. The second-order valence-electron chi connectivity index (χ2n) is 10.2. The molecule has 0 aliphatic carbocycles. The minimum atomic E-state index is -0.544. The van der Waals surface area contributed by atoms with Gasteiger partial charge in [0.2, 0.25) is 0 Å². The average Bonchev–Trinajstić information content (AvgIpc) is 3.25. The molecule has 1 amide bonds. The van der Waals surface area contributed by atoms with E-state index in [-0.39, 0.29) is 12.1 Å². The van der Waals surface area contributed by atoms with Gasteiger partial charge in [0.25, 0.3) is 0 Å². The van der Waals surface area contributed by atoms with Crippen LogP contribution >= 0.6 is 0 Å². The third kappa shape index (κ3) is 4.19.